The van der Waals surface area contributed by atoms with E-state index in [1.807, 2.05) is 17.0 Å². The van der Waals surface area contributed by atoms with E-state index in [1.165, 1.54) is 31.6 Å². The lowest BCUT2D eigenvalue weighted by molar-refractivity contribution is 0.184. The number of nitrogens with one attached hydrogen (secondary N) is 1. The fourth-order valence-electron chi connectivity index (χ4n) is 3.86. The predicted octanol–water partition coefficient (Wildman–Crippen LogP) is 2.65. The molecule has 1 aromatic carbocycles. The summed E-state index contributed by atoms with van der Waals surface area (Å²) in [5.74, 6) is 1.74. The van der Waals surface area contributed by atoms with Gasteiger partial charge in [-0.1, -0.05) is 6.92 Å². The van der Waals surface area contributed by atoms with Crippen molar-refractivity contribution in [1.82, 2.24) is 15.1 Å². The number of amides is 2. The maximum absolute atomic E-state index is 12.4. The smallest absolute Gasteiger partial charge is 0.317 e. The number of hydrogen-bond donors (Lipinski definition) is 1. The standard InChI is InChI=1S/C21H34N4O2/c1-18-8-12-23(13-9-18)11-3-10-22-21(26)25-16-14-24(15-17-25)19-4-6-20(27-2)7-5-19/h4-7,18H,3,8-17H2,1-2H3,(H,22,26). The van der Waals surface area contributed by atoms with Crippen molar-refractivity contribution in [3.05, 3.63) is 24.3 Å². The molecular weight excluding hydrogens is 340 g/mol. The van der Waals surface area contributed by atoms with E-state index >= 15 is 0 Å². The van der Waals surface area contributed by atoms with E-state index in [2.05, 4.69) is 34.2 Å². The van der Waals surface area contributed by atoms with Crippen LogP contribution in [-0.4, -0.2) is 75.3 Å². The molecule has 2 fully saturated rings. The molecule has 2 aliphatic rings. The average Bonchev–Trinajstić information content (AvgIpc) is 2.72. The summed E-state index contributed by atoms with van der Waals surface area (Å²) in [6.07, 6.45) is 3.65. The summed E-state index contributed by atoms with van der Waals surface area (Å²) in [6, 6.07) is 8.21. The third-order valence-corrected chi connectivity index (χ3v) is 5.81. The molecule has 0 aromatic heterocycles. The molecule has 0 radical (unpaired) electrons. The average molecular weight is 375 g/mol. The number of rotatable bonds is 6. The van der Waals surface area contributed by atoms with Gasteiger partial charge < -0.3 is 24.8 Å². The number of carbonyl (C=O) groups is 1. The lowest BCUT2D eigenvalue weighted by atomic mass is 9.99. The van der Waals surface area contributed by atoms with E-state index in [0.717, 1.165) is 57.4 Å². The van der Waals surface area contributed by atoms with Gasteiger partial charge in [-0.25, -0.2) is 4.79 Å². The maximum atomic E-state index is 12.4. The Bertz CT molecular complexity index is 576. The SMILES string of the molecule is COc1ccc(N2CCN(C(=O)NCCCN3CCC(C)CC3)CC2)cc1. The highest BCUT2D eigenvalue weighted by Crippen LogP contribution is 2.20. The number of nitrogens with zero attached hydrogens (tertiary/aromatic N) is 3. The van der Waals surface area contributed by atoms with Crippen molar-refractivity contribution in [2.45, 2.75) is 26.2 Å². The lowest BCUT2D eigenvalue weighted by Crippen LogP contribution is -2.52. The Hall–Kier alpha value is -1.95. The lowest BCUT2D eigenvalue weighted by Gasteiger charge is -2.36. The van der Waals surface area contributed by atoms with Crippen molar-refractivity contribution in [2.24, 2.45) is 5.92 Å². The number of benzene rings is 1. The van der Waals surface area contributed by atoms with Crippen LogP contribution in [-0.2, 0) is 0 Å². The highest BCUT2D eigenvalue weighted by molar-refractivity contribution is 5.74. The van der Waals surface area contributed by atoms with Crippen LogP contribution < -0.4 is 15.0 Å². The van der Waals surface area contributed by atoms with Gasteiger partial charge >= 0.3 is 6.03 Å². The molecule has 6 nitrogen and oxygen atoms in total. The number of ether oxygens (including phenoxy) is 1. The number of piperazine rings is 1. The quantitative estimate of drug-likeness (QED) is 0.778. The Morgan fingerprint density at radius 3 is 2.37 bits per heavy atom. The van der Waals surface area contributed by atoms with E-state index in [4.69, 9.17) is 4.74 Å². The Balaban J connectivity index is 1.32. The normalized spacial score (nSPS) is 19.2. The largest absolute Gasteiger partial charge is 0.497 e. The molecule has 6 heteroatoms. The predicted molar refractivity (Wildman–Crippen MR) is 110 cm³/mol. The van der Waals surface area contributed by atoms with Crippen molar-refractivity contribution in [2.75, 3.05) is 64.4 Å². The third kappa shape index (κ3) is 5.76. The number of urea groups is 1. The Labute approximate surface area is 163 Å². The van der Waals surface area contributed by atoms with E-state index in [1.54, 1.807) is 7.11 Å². The highest BCUT2D eigenvalue weighted by Gasteiger charge is 2.21. The molecule has 0 atom stereocenters. The minimum absolute atomic E-state index is 0.0802. The molecule has 2 aliphatic heterocycles. The van der Waals surface area contributed by atoms with Gasteiger partial charge in [-0.15, -0.1) is 0 Å². The fourth-order valence-corrected chi connectivity index (χ4v) is 3.86. The van der Waals surface area contributed by atoms with Crippen molar-refractivity contribution in [3.8, 4) is 5.75 Å². The molecule has 0 unspecified atom stereocenters. The summed E-state index contributed by atoms with van der Waals surface area (Å²) in [5.41, 5.74) is 1.19. The van der Waals surface area contributed by atoms with Gasteiger partial charge in [0.2, 0.25) is 0 Å². The van der Waals surface area contributed by atoms with Crippen molar-refractivity contribution >= 4 is 11.7 Å². The van der Waals surface area contributed by atoms with Crippen LogP contribution in [0.5, 0.6) is 5.75 Å². The molecule has 3 rings (SSSR count). The Morgan fingerprint density at radius 1 is 1.07 bits per heavy atom. The van der Waals surface area contributed by atoms with Crippen LogP contribution in [0.15, 0.2) is 24.3 Å². The summed E-state index contributed by atoms with van der Waals surface area (Å²) in [7, 11) is 1.68. The minimum Gasteiger partial charge on any atom is -0.497 e. The molecule has 1 N–H and O–H groups in total. The molecule has 27 heavy (non-hydrogen) atoms. The van der Waals surface area contributed by atoms with Crippen LogP contribution in [0.2, 0.25) is 0 Å². The highest BCUT2D eigenvalue weighted by atomic mass is 16.5. The first kappa shape index (κ1) is 19.8. The van der Waals surface area contributed by atoms with Crippen molar-refractivity contribution < 1.29 is 9.53 Å². The number of methoxy groups -OCH3 is 1. The number of carbonyl (C=O) groups excluding carboxylic acids is 1. The van der Waals surface area contributed by atoms with Crippen LogP contribution >= 0.6 is 0 Å². The first-order valence-electron chi connectivity index (χ1n) is 10.3. The number of piperidine rings is 1. The molecule has 0 saturated carbocycles. The van der Waals surface area contributed by atoms with Crippen LogP contribution in [0.4, 0.5) is 10.5 Å². The number of hydrogen-bond acceptors (Lipinski definition) is 4. The summed E-state index contributed by atoms with van der Waals surface area (Å²) in [4.78, 5) is 19.2. The van der Waals surface area contributed by atoms with E-state index in [9.17, 15) is 4.79 Å². The first-order valence-corrected chi connectivity index (χ1v) is 10.3. The second kappa shape index (κ2) is 9.83. The van der Waals surface area contributed by atoms with Gasteiger partial charge in [0, 0.05) is 38.4 Å². The van der Waals surface area contributed by atoms with Crippen LogP contribution in [0, 0.1) is 5.92 Å². The topological polar surface area (TPSA) is 48.1 Å². The van der Waals surface area contributed by atoms with Crippen LogP contribution in [0.1, 0.15) is 26.2 Å². The molecule has 2 heterocycles. The Morgan fingerprint density at radius 2 is 1.74 bits per heavy atom. The van der Waals surface area contributed by atoms with E-state index in [0.29, 0.717) is 0 Å². The van der Waals surface area contributed by atoms with Crippen molar-refractivity contribution in [1.29, 1.82) is 0 Å². The number of anilines is 1. The fraction of sp³-hybridized carbons (Fsp3) is 0.667. The second-order valence-corrected chi connectivity index (χ2v) is 7.78. The maximum Gasteiger partial charge on any atom is 0.317 e. The molecule has 2 saturated heterocycles. The molecule has 0 spiro atoms. The molecule has 150 valence electrons. The van der Waals surface area contributed by atoms with Crippen molar-refractivity contribution in [3.63, 3.8) is 0 Å². The zero-order valence-corrected chi connectivity index (χ0v) is 16.8. The molecular formula is C21H34N4O2. The number of likely N-dealkylation sites (tertiary alicyclic amines) is 1. The van der Waals surface area contributed by atoms with Gasteiger partial charge in [0.15, 0.2) is 0 Å². The Kier molecular flexibility index (Phi) is 7.21. The molecule has 2 amide bonds. The van der Waals surface area contributed by atoms with Gasteiger partial charge in [-0.05, 0) is 69.1 Å². The van der Waals surface area contributed by atoms with Crippen LogP contribution in [0.25, 0.3) is 0 Å². The summed E-state index contributed by atoms with van der Waals surface area (Å²) in [6.45, 7) is 9.89. The zero-order chi connectivity index (χ0) is 19.1. The molecule has 0 aliphatic carbocycles. The molecule has 1 aromatic rings. The van der Waals surface area contributed by atoms with Gasteiger partial charge in [0.25, 0.3) is 0 Å². The summed E-state index contributed by atoms with van der Waals surface area (Å²) >= 11 is 0. The third-order valence-electron chi connectivity index (χ3n) is 5.81. The van der Waals surface area contributed by atoms with Crippen LogP contribution in [0.3, 0.4) is 0 Å². The monoisotopic (exact) mass is 374 g/mol. The van der Waals surface area contributed by atoms with Gasteiger partial charge in [-0.2, -0.15) is 0 Å². The van der Waals surface area contributed by atoms with Gasteiger partial charge in [-0.3, -0.25) is 0 Å². The summed E-state index contributed by atoms with van der Waals surface area (Å²) < 4.78 is 5.21. The minimum atomic E-state index is 0.0802. The van der Waals surface area contributed by atoms with Gasteiger partial charge in [0.1, 0.15) is 5.75 Å². The molecule has 0 bridgehead atoms. The van der Waals surface area contributed by atoms with E-state index in [-0.39, 0.29) is 6.03 Å². The van der Waals surface area contributed by atoms with E-state index < -0.39 is 0 Å². The summed E-state index contributed by atoms with van der Waals surface area (Å²) in [5, 5.41) is 3.10. The second-order valence-electron chi connectivity index (χ2n) is 7.78. The first-order chi connectivity index (χ1) is 13.2. The zero-order valence-electron chi connectivity index (χ0n) is 16.8. The van der Waals surface area contributed by atoms with Gasteiger partial charge in [0.05, 0.1) is 7.11 Å².